The number of rotatable bonds is 4. The van der Waals surface area contributed by atoms with Gasteiger partial charge < -0.3 is 5.32 Å². The van der Waals surface area contributed by atoms with Gasteiger partial charge in [-0.05, 0) is 41.5 Å². The average Bonchev–Trinajstić information content (AvgIpc) is 3.10. The lowest BCUT2D eigenvalue weighted by Crippen LogP contribution is -2.20. The van der Waals surface area contributed by atoms with E-state index in [1.54, 1.807) is 42.8 Å². The zero-order valence-corrected chi connectivity index (χ0v) is 16.6. The molecule has 2 N–H and O–H groups in total. The number of fused-ring (bicyclic) bond motifs is 1. The van der Waals surface area contributed by atoms with Gasteiger partial charge in [0, 0.05) is 16.6 Å². The fourth-order valence-electron chi connectivity index (χ4n) is 3.00. The van der Waals surface area contributed by atoms with Crippen molar-refractivity contribution in [1.82, 2.24) is 14.8 Å². The van der Waals surface area contributed by atoms with Gasteiger partial charge in [0.05, 0.1) is 0 Å². The summed E-state index contributed by atoms with van der Waals surface area (Å²) in [6, 6.07) is 13.3. The van der Waals surface area contributed by atoms with Crippen molar-refractivity contribution in [3.8, 4) is 0 Å². The number of hydrogen-bond donors (Lipinski definition) is 2. The van der Waals surface area contributed by atoms with Gasteiger partial charge in [-0.15, -0.1) is 5.10 Å². The predicted octanol–water partition coefficient (Wildman–Crippen LogP) is 4.72. The lowest BCUT2D eigenvalue weighted by molar-refractivity contribution is -0.118. The fraction of sp³-hybridized carbons (Fsp3) is 0.190. The third-order valence-corrected chi connectivity index (χ3v) is 4.84. The van der Waals surface area contributed by atoms with Crippen LogP contribution in [0.4, 0.5) is 16.3 Å². The Morgan fingerprint density at radius 2 is 1.86 bits per heavy atom. The van der Waals surface area contributed by atoms with Gasteiger partial charge in [0.1, 0.15) is 11.9 Å². The average molecular weight is 412 g/mol. The molecule has 3 aromatic rings. The second-order valence-electron chi connectivity index (χ2n) is 7.06. The second kappa shape index (κ2) is 7.67. The van der Waals surface area contributed by atoms with Crippen LogP contribution in [0.25, 0.3) is 5.70 Å². The van der Waals surface area contributed by atoms with E-state index in [0.717, 1.165) is 16.8 Å². The van der Waals surface area contributed by atoms with Crippen LogP contribution in [0.5, 0.6) is 0 Å². The number of hydrogen-bond acceptors (Lipinski definition) is 4. The summed E-state index contributed by atoms with van der Waals surface area (Å²) in [6.45, 7) is 3.59. The molecule has 2 heterocycles. The van der Waals surface area contributed by atoms with Crippen molar-refractivity contribution >= 4 is 35.1 Å². The van der Waals surface area contributed by atoms with E-state index >= 15 is 0 Å². The van der Waals surface area contributed by atoms with Gasteiger partial charge in [-0.2, -0.15) is 4.98 Å². The zero-order valence-electron chi connectivity index (χ0n) is 15.9. The molecule has 0 bridgehead atoms. The topological polar surface area (TPSA) is 71.8 Å². The molecule has 0 spiro atoms. The van der Waals surface area contributed by atoms with Gasteiger partial charge in [-0.25, -0.2) is 9.07 Å². The number of nitrogens with one attached hydrogen (secondary N) is 2. The van der Waals surface area contributed by atoms with Crippen molar-refractivity contribution in [1.29, 1.82) is 0 Å². The molecule has 0 fully saturated rings. The van der Waals surface area contributed by atoms with E-state index in [0.29, 0.717) is 11.0 Å². The third-order valence-electron chi connectivity index (χ3n) is 4.59. The number of amides is 1. The summed E-state index contributed by atoms with van der Waals surface area (Å²) in [5.74, 6) is 0.0134. The molecule has 2 aromatic carbocycles. The molecular weight excluding hydrogens is 393 g/mol. The molecule has 1 aliphatic heterocycles. The highest BCUT2D eigenvalue weighted by molar-refractivity contribution is 6.30. The Morgan fingerprint density at radius 3 is 2.52 bits per heavy atom. The van der Waals surface area contributed by atoms with Crippen molar-refractivity contribution in [2.75, 3.05) is 10.6 Å². The van der Waals surface area contributed by atoms with Gasteiger partial charge in [0.2, 0.25) is 11.9 Å². The number of aromatic nitrogens is 3. The monoisotopic (exact) mass is 411 g/mol. The first-order valence-electron chi connectivity index (χ1n) is 9.18. The highest BCUT2D eigenvalue weighted by atomic mass is 35.5. The Bertz CT molecular complexity index is 1070. The first-order valence-corrected chi connectivity index (χ1v) is 9.56. The summed E-state index contributed by atoms with van der Waals surface area (Å²) in [5, 5.41) is 11.1. The van der Waals surface area contributed by atoms with E-state index in [1.165, 1.54) is 12.1 Å². The number of carbonyl (C=O) groups excluding carboxylic acids is 1. The van der Waals surface area contributed by atoms with Crippen LogP contribution in [-0.4, -0.2) is 20.7 Å². The molecule has 1 aliphatic rings. The van der Waals surface area contributed by atoms with Crippen LogP contribution < -0.4 is 10.6 Å². The molecule has 29 heavy (non-hydrogen) atoms. The summed E-state index contributed by atoms with van der Waals surface area (Å²) >= 11 is 6.01. The first kappa shape index (κ1) is 19.1. The third kappa shape index (κ3) is 4.00. The quantitative estimate of drug-likeness (QED) is 0.651. The molecule has 1 amide bonds. The van der Waals surface area contributed by atoms with Crippen molar-refractivity contribution in [3.05, 3.63) is 76.6 Å². The van der Waals surface area contributed by atoms with Crippen LogP contribution in [0, 0.1) is 11.7 Å². The minimum atomic E-state index is -0.324. The molecule has 0 aliphatic carbocycles. The number of allylic oxidation sites excluding steroid dienone is 1. The molecule has 0 saturated heterocycles. The highest BCUT2D eigenvalue weighted by Crippen LogP contribution is 2.33. The summed E-state index contributed by atoms with van der Waals surface area (Å²) in [6.07, 6.45) is 1.98. The van der Waals surface area contributed by atoms with E-state index in [1.807, 2.05) is 18.2 Å². The molecule has 1 atom stereocenters. The van der Waals surface area contributed by atoms with E-state index in [-0.39, 0.29) is 29.6 Å². The SMILES string of the molecule is CC(C)C(=O)Nc1nc2n(n1)[C@H](c1ccc(F)cc1)C=C(c1ccc(Cl)cc1)N2. The van der Waals surface area contributed by atoms with E-state index in [2.05, 4.69) is 20.7 Å². The van der Waals surface area contributed by atoms with Gasteiger partial charge in [-0.1, -0.05) is 49.7 Å². The van der Waals surface area contributed by atoms with Gasteiger partial charge in [0.15, 0.2) is 0 Å². The lowest BCUT2D eigenvalue weighted by atomic mass is 10.0. The second-order valence-corrected chi connectivity index (χ2v) is 7.49. The Balaban J connectivity index is 1.75. The first-order chi connectivity index (χ1) is 13.9. The molecule has 0 saturated carbocycles. The maximum atomic E-state index is 13.4. The van der Waals surface area contributed by atoms with Crippen LogP contribution in [0.15, 0.2) is 54.6 Å². The summed E-state index contributed by atoms with van der Waals surface area (Å²) in [5.41, 5.74) is 2.58. The molecule has 4 rings (SSSR count). The molecular formula is C21H19ClFN5O. The molecule has 1 aromatic heterocycles. The molecule has 0 radical (unpaired) electrons. The van der Waals surface area contributed by atoms with Crippen LogP contribution in [0.2, 0.25) is 5.02 Å². The minimum absolute atomic E-state index is 0.169. The Hall–Kier alpha value is -3.19. The lowest BCUT2D eigenvalue weighted by Gasteiger charge is -2.24. The number of halogens is 2. The van der Waals surface area contributed by atoms with Crippen LogP contribution >= 0.6 is 11.6 Å². The number of carbonyl (C=O) groups is 1. The highest BCUT2D eigenvalue weighted by Gasteiger charge is 2.26. The van der Waals surface area contributed by atoms with Crippen LogP contribution in [0.1, 0.15) is 31.0 Å². The van der Waals surface area contributed by atoms with Gasteiger partial charge in [-0.3, -0.25) is 10.1 Å². The summed E-state index contributed by atoms with van der Waals surface area (Å²) in [7, 11) is 0. The molecule has 6 nitrogen and oxygen atoms in total. The van der Waals surface area contributed by atoms with Crippen molar-refractivity contribution in [2.45, 2.75) is 19.9 Å². The molecule has 0 unspecified atom stereocenters. The number of anilines is 2. The Morgan fingerprint density at radius 1 is 1.17 bits per heavy atom. The summed E-state index contributed by atoms with van der Waals surface area (Å²) < 4.78 is 15.1. The van der Waals surface area contributed by atoms with E-state index < -0.39 is 0 Å². The fourth-order valence-corrected chi connectivity index (χ4v) is 3.12. The number of nitrogens with zero attached hydrogens (tertiary/aromatic N) is 3. The predicted molar refractivity (Wildman–Crippen MR) is 111 cm³/mol. The zero-order chi connectivity index (χ0) is 20.5. The maximum absolute atomic E-state index is 13.4. The number of benzene rings is 2. The molecule has 148 valence electrons. The van der Waals surface area contributed by atoms with Crippen LogP contribution in [-0.2, 0) is 4.79 Å². The van der Waals surface area contributed by atoms with Crippen LogP contribution in [0.3, 0.4) is 0 Å². The molecule has 8 heteroatoms. The van der Waals surface area contributed by atoms with Gasteiger partial charge >= 0.3 is 0 Å². The van der Waals surface area contributed by atoms with Crippen molar-refractivity contribution < 1.29 is 9.18 Å². The van der Waals surface area contributed by atoms with Gasteiger partial charge in [0.25, 0.3) is 5.95 Å². The Labute approximate surface area is 172 Å². The normalized spacial score (nSPS) is 15.5. The Kier molecular flexibility index (Phi) is 5.07. The minimum Gasteiger partial charge on any atom is -0.324 e. The van der Waals surface area contributed by atoms with Crippen molar-refractivity contribution in [2.24, 2.45) is 5.92 Å². The summed E-state index contributed by atoms with van der Waals surface area (Å²) in [4.78, 5) is 16.5. The van der Waals surface area contributed by atoms with E-state index in [4.69, 9.17) is 11.6 Å². The van der Waals surface area contributed by atoms with E-state index in [9.17, 15) is 9.18 Å². The largest absolute Gasteiger partial charge is 0.324 e. The maximum Gasteiger partial charge on any atom is 0.250 e. The smallest absolute Gasteiger partial charge is 0.250 e. The van der Waals surface area contributed by atoms with Crippen molar-refractivity contribution in [3.63, 3.8) is 0 Å². The standard InChI is InChI=1S/C21H19ClFN5O/c1-12(2)19(29)25-20-26-21-24-17(13-3-7-15(22)8-4-13)11-18(28(21)27-20)14-5-9-16(23)10-6-14/h3-12,18H,1-2H3,(H2,24,25,26,27,29)/t18-/m0/s1.